The number of hydrogen-bond donors (Lipinski definition) is 2. The van der Waals surface area contributed by atoms with Crippen LogP contribution in [-0.4, -0.2) is 34.6 Å². The zero-order valence-corrected chi connectivity index (χ0v) is 30.1. The van der Waals surface area contributed by atoms with Crippen molar-refractivity contribution in [3.63, 3.8) is 0 Å². The molecule has 5 rings (SSSR count). The van der Waals surface area contributed by atoms with E-state index in [0.717, 1.165) is 24.8 Å². The summed E-state index contributed by atoms with van der Waals surface area (Å²) in [6.45, 7) is 4.23. The van der Waals surface area contributed by atoms with Crippen LogP contribution in [0.25, 0.3) is 16.8 Å². The number of aryl methyl sites for hydroxylation is 1. The van der Waals surface area contributed by atoms with Gasteiger partial charge in [-0.15, -0.1) is 5.10 Å². The van der Waals surface area contributed by atoms with E-state index in [1.807, 2.05) is 19.1 Å². The fraction of sp³-hybridized carbons (Fsp3) is 0.222. The smallest absolute Gasteiger partial charge is 0.326 e. The highest BCUT2D eigenvalue weighted by Gasteiger charge is 2.24. The Balaban J connectivity index is 1.43. The van der Waals surface area contributed by atoms with Gasteiger partial charge in [-0.05, 0) is 76.3 Å². The number of carbonyl (C=O) groups is 2. The van der Waals surface area contributed by atoms with E-state index in [9.17, 15) is 22.8 Å². The van der Waals surface area contributed by atoms with E-state index in [4.69, 9.17) is 16.7 Å². The Morgan fingerprint density at radius 3 is 2.35 bits per heavy atom. The molecule has 49 heavy (non-hydrogen) atoms. The van der Waals surface area contributed by atoms with Gasteiger partial charge in [0.15, 0.2) is 0 Å². The Labute approximate surface area is 298 Å². The largest absolute Gasteiger partial charge is 0.351 e. The third kappa shape index (κ3) is 8.38. The molecule has 2 N–H and O–H groups in total. The average Bonchev–Trinajstić information content (AvgIpc) is 3.39. The van der Waals surface area contributed by atoms with E-state index >= 15 is 0 Å². The minimum Gasteiger partial charge on any atom is -0.326 e. The number of rotatable bonds is 13. The first kappa shape index (κ1) is 35.8. The molecule has 0 fully saturated rings. The van der Waals surface area contributed by atoms with Gasteiger partial charge in [-0.25, -0.2) is 17.9 Å². The van der Waals surface area contributed by atoms with E-state index in [-0.39, 0.29) is 33.6 Å². The molecule has 254 valence electrons. The predicted octanol–water partition coefficient (Wildman–Crippen LogP) is 7.37. The van der Waals surface area contributed by atoms with Gasteiger partial charge in [-0.1, -0.05) is 86.5 Å². The Kier molecular flexibility index (Phi) is 11.5. The minimum absolute atomic E-state index is 0.0465. The number of halogens is 2. The van der Waals surface area contributed by atoms with Crippen LogP contribution in [0.1, 0.15) is 61.3 Å². The Bertz CT molecular complexity index is 2160. The number of amides is 2. The molecule has 10 nitrogen and oxygen atoms in total. The highest BCUT2D eigenvalue weighted by atomic mass is 79.9. The van der Waals surface area contributed by atoms with Gasteiger partial charge in [-0.3, -0.25) is 14.2 Å². The molecule has 0 atom stereocenters. The maximum Gasteiger partial charge on any atom is 0.351 e. The van der Waals surface area contributed by atoms with Crippen LogP contribution in [-0.2, 0) is 27.8 Å². The van der Waals surface area contributed by atoms with E-state index < -0.39 is 15.9 Å². The summed E-state index contributed by atoms with van der Waals surface area (Å²) >= 11 is 9.65. The van der Waals surface area contributed by atoms with Crippen molar-refractivity contribution in [3.8, 4) is 16.8 Å². The quantitative estimate of drug-likeness (QED) is 0.129. The summed E-state index contributed by atoms with van der Waals surface area (Å²) in [7, 11) is -4.26. The summed E-state index contributed by atoms with van der Waals surface area (Å²) in [5, 5.41) is 7.71. The number of aromatic nitrogens is 3. The molecule has 0 aliphatic heterocycles. The lowest BCUT2D eigenvalue weighted by Crippen LogP contribution is -2.31. The lowest BCUT2D eigenvalue weighted by Gasteiger charge is -2.13. The van der Waals surface area contributed by atoms with Gasteiger partial charge in [0.25, 0.3) is 15.9 Å². The first-order valence-electron chi connectivity index (χ1n) is 15.8. The fourth-order valence-electron chi connectivity index (χ4n) is 5.26. The molecule has 2 amide bonds. The number of unbranched alkanes of at least 4 members (excludes halogenated alkanes) is 1. The lowest BCUT2D eigenvalue weighted by atomic mass is 10.0. The van der Waals surface area contributed by atoms with Crippen LogP contribution in [0.5, 0.6) is 0 Å². The van der Waals surface area contributed by atoms with Gasteiger partial charge in [-0.2, -0.15) is 4.68 Å². The molecule has 0 radical (unpaired) electrons. The first-order chi connectivity index (χ1) is 23.5. The molecule has 5 aromatic rings. The molecule has 1 heterocycles. The van der Waals surface area contributed by atoms with Crippen LogP contribution < -0.4 is 15.7 Å². The average molecular weight is 765 g/mol. The van der Waals surface area contributed by atoms with Crippen molar-refractivity contribution in [2.45, 2.75) is 57.4 Å². The topological polar surface area (TPSA) is 132 Å². The van der Waals surface area contributed by atoms with Crippen LogP contribution in [0.2, 0.25) is 5.02 Å². The van der Waals surface area contributed by atoms with Crippen molar-refractivity contribution in [2.24, 2.45) is 0 Å². The summed E-state index contributed by atoms with van der Waals surface area (Å²) in [5.41, 5.74) is 2.59. The predicted molar refractivity (Wildman–Crippen MR) is 195 cm³/mol. The van der Waals surface area contributed by atoms with Crippen molar-refractivity contribution in [2.75, 3.05) is 5.32 Å². The monoisotopic (exact) mass is 763 g/mol. The summed E-state index contributed by atoms with van der Waals surface area (Å²) in [4.78, 5) is 38.8. The van der Waals surface area contributed by atoms with Crippen molar-refractivity contribution in [3.05, 3.63) is 128 Å². The SMILES string of the molecule is CCCCc1nn(-c2cc(NC(=O)CCC)ccc2Br)c(=O)n1Cc1ccc(-c2ccccc2S(=O)(=O)NC(=O)c2ccccc2Cl)cc1. The maximum atomic E-state index is 13.8. The molecule has 0 saturated carbocycles. The second-order valence-electron chi connectivity index (χ2n) is 11.4. The van der Waals surface area contributed by atoms with Gasteiger partial charge in [0.05, 0.1) is 27.7 Å². The molecular weight excluding hydrogens is 730 g/mol. The molecular formula is C36H35BrClN5O5S. The highest BCUT2D eigenvalue weighted by Crippen LogP contribution is 2.29. The standard InChI is InChI=1S/C36H35BrClN5O5S/c1-3-5-15-33-40-43(31-22-26(20-21-29(31)37)39-34(44)10-4-2)36(46)42(33)23-24-16-18-25(19-17-24)27-11-7-9-14-32(27)49(47,48)41-35(45)28-12-6-8-13-30(28)38/h6-9,11-14,16-22H,3-5,10,15,23H2,1-2H3,(H,39,44)(H,41,45). The number of hydrogen-bond acceptors (Lipinski definition) is 6. The zero-order chi connectivity index (χ0) is 35.1. The van der Waals surface area contributed by atoms with Crippen molar-refractivity contribution in [1.29, 1.82) is 0 Å². The number of anilines is 1. The summed E-state index contributed by atoms with van der Waals surface area (Å²) in [6, 6.07) is 25.1. The van der Waals surface area contributed by atoms with Crippen molar-refractivity contribution >= 4 is 55.1 Å². The van der Waals surface area contributed by atoms with Gasteiger partial charge >= 0.3 is 5.69 Å². The van der Waals surface area contributed by atoms with Crippen LogP contribution in [0, 0.1) is 0 Å². The zero-order valence-electron chi connectivity index (χ0n) is 26.9. The van der Waals surface area contributed by atoms with Crippen LogP contribution in [0.4, 0.5) is 5.69 Å². The molecule has 0 unspecified atom stereocenters. The van der Waals surface area contributed by atoms with Crippen LogP contribution in [0.3, 0.4) is 0 Å². The van der Waals surface area contributed by atoms with Gasteiger partial charge in [0.2, 0.25) is 5.91 Å². The minimum atomic E-state index is -4.26. The van der Waals surface area contributed by atoms with Gasteiger partial charge in [0.1, 0.15) is 5.82 Å². The van der Waals surface area contributed by atoms with E-state index in [2.05, 4.69) is 32.9 Å². The summed E-state index contributed by atoms with van der Waals surface area (Å²) in [5.74, 6) is -0.322. The fourth-order valence-corrected chi connectivity index (χ4v) is 7.10. The Morgan fingerprint density at radius 1 is 0.918 bits per heavy atom. The van der Waals surface area contributed by atoms with Crippen LogP contribution >= 0.6 is 27.5 Å². The summed E-state index contributed by atoms with van der Waals surface area (Å²) < 4.78 is 32.5. The Hall–Kier alpha value is -4.52. The van der Waals surface area contributed by atoms with Crippen molar-refractivity contribution in [1.82, 2.24) is 19.1 Å². The molecule has 0 spiro atoms. The second kappa shape index (κ2) is 15.8. The molecule has 13 heteroatoms. The normalized spacial score (nSPS) is 11.3. The van der Waals surface area contributed by atoms with Gasteiger partial charge in [0, 0.05) is 28.6 Å². The third-order valence-electron chi connectivity index (χ3n) is 7.76. The number of sulfonamides is 1. The first-order valence-corrected chi connectivity index (χ1v) is 18.5. The number of carbonyl (C=O) groups excluding carboxylic acids is 2. The molecule has 0 aliphatic rings. The highest BCUT2D eigenvalue weighted by molar-refractivity contribution is 9.10. The second-order valence-corrected chi connectivity index (χ2v) is 14.3. The molecule has 0 aliphatic carbocycles. The number of nitrogens with zero attached hydrogens (tertiary/aromatic N) is 3. The number of nitrogens with one attached hydrogen (secondary N) is 2. The molecule has 0 saturated heterocycles. The van der Waals surface area contributed by atoms with E-state index in [1.165, 1.54) is 22.9 Å². The van der Waals surface area contributed by atoms with Gasteiger partial charge < -0.3 is 5.32 Å². The molecule has 4 aromatic carbocycles. The maximum absolute atomic E-state index is 13.8. The molecule has 0 bridgehead atoms. The number of benzene rings is 4. The summed E-state index contributed by atoms with van der Waals surface area (Å²) in [6.07, 6.45) is 3.45. The van der Waals surface area contributed by atoms with Crippen molar-refractivity contribution < 1.29 is 18.0 Å². The lowest BCUT2D eigenvalue weighted by molar-refractivity contribution is -0.116. The third-order valence-corrected chi connectivity index (χ3v) is 10.1. The van der Waals surface area contributed by atoms with E-state index in [1.54, 1.807) is 65.2 Å². The van der Waals surface area contributed by atoms with Crippen LogP contribution in [0.15, 0.2) is 105 Å². The molecule has 1 aromatic heterocycles. The van der Waals surface area contributed by atoms with E-state index in [0.29, 0.717) is 45.6 Å². The Morgan fingerprint density at radius 2 is 1.63 bits per heavy atom.